The Morgan fingerprint density at radius 1 is 1.19 bits per heavy atom. The minimum absolute atomic E-state index is 0.264. The molecule has 1 amide bonds. The number of carbonyl (C=O) groups is 1. The third-order valence-electron chi connectivity index (χ3n) is 2.97. The average Bonchev–Trinajstić information content (AvgIpc) is 2.45. The number of amides is 1. The van der Waals surface area contributed by atoms with Crippen molar-refractivity contribution in [2.24, 2.45) is 0 Å². The first kappa shape index (κ1) is 15.7. The van der Waals surface area contributed by atoms with E-state index in [1.165, 1.54) is 0 Å². The van der Waals surface area contributed by atoms with Crippen molar-refractivity contribution in [3.8, 4) is 5.75 Å². The Morgan fingerprint density at radius 2 is 1.90 bits per heavy atom. The summed E-state index contributed by atoms with van der Waals surface area (Å²) in [5.41, 5.74) is 1.60. The fourth-order valence-corrected chi connectivity index (χ4v) is 2.10. The number of halogens is 2. The molecule has 110 valence electrons. The predicted octanol–water partition coefficient (Wildman–Crippen LogP) is 4.71. The maximum atomic E-state index is 12.2. The summed E-state index contributed by atoms with van der Waals surface area (Å²) < 4.78 is 5.57. The Kier molecular flexibility index (Phi) is 5.10. The van der Waals surface area contributed by atoms with E-state index in [0.29, 0.717) is 21.5 Å². The summed E-state index contributed by atoms with van der Waals surface area (Å²) in [4.78, 5) is 12.2. The summed E-state index contributed by atoms with van der Waals surface area (Å²) in [5, 5.41) is 3.83. The van der Waals surface area contributed by atoms with Crippen molar-refractivity contribution < 1.29 is 9.53 Å². The summed E-state index contributed by atoms with van der Waals surface area (Å²) in [6.45, 7) is 3.56. The van der Waals surface area contributed by atoms with Gasteiger partial charge in [-0.25, -0.2) is 0 Å². The molecular formula is C16H15Cl2NO2. The maximum Gasteiger partial charge on any atom is 0.265 e. The first-order valence-corrected chi connectivity index (χ1v) is 7.21. The number of benzene rings is 2. The van der Waals surface area contributed by atoms with Crippen molar-refractivity contribution in [1.29, 1.82) is 0 Å². The molecule has 0 bridgehead atoms. The van der Waals surface area contributed by atoms with Gasteiger partial charge in [0.1, 0.15) is 5.75 Å². The standard InChI is InChI=1S/C16H15Cl2NO2/c1-10-7-8-12(17)9-14(10)19-16(20)11(2)21-15-6-4-3-5-13(15)18/h3-9,11H,1-2H3,(H,19,20). The van der Waals surface area contributed by atoms with Gasteiger partial charge in [-0.2, -0.15) is 0 Å². The summed E-state index contributed by atoms with van der Waals surface area (Å²) in [5.74, 6) is 0.213. The second kappa shape index (κ2) is 6.83. The topological polar surface area (TPSA) is 38.3 Å². The van der Waals surface area contributed by atoms with Crippen LogP contribution in [-0.2, 0) is 4.79 Å². The van der Waals surface area contributed by atoms with Crippen LogP contribution in [0.15, 0.2) is 42.5 Å². The minimum Gasteiger partial charge on any atom is -0.479 e. The smallest absolute Gasteiger partial charge is 0.265 e. The first-order chi connectivity index (χ1) is 9.97. The third-order valence-corrected chi connectivity index (χ3v) is 3.51. The van der Waals surface area contributed by atoms with Crippen molar-refractivity contribution in [3.63, 3.8) is 0 Å². The van der Waals surface area contributed by atoms with Gasteiger partial charge < -0.3 is 10.1 Å². The molecule has 0 fully saturated rings. The van der Waals surface area contributed by atoms with Crippen LogP contribution in [0.3, 0.4) is 0 Å². The first-order valence-electron chi connectivity index (χ1n) is 6.45. The number of ether oxygens (including phenoxy) is 1. The van der Waals surface area contributed by atoms with Crippen LogP contribution >= 0.6 is 23.2 Å². The fraction of sp³-hybridized carbons (Fsp3) is 0.188. The van der Waals surface area contributed by atoms with Crippen molar-refractivity contribution >= 4 is 34.8 Å². The van der Waals surface area contributed by atoms with Crippen molar-refractivity contribution in [3.05, 3.63) is 58.1 Å². The number of para-hydroxylation sites is 1. The number of hydrogen-bond acceptors (Lipinski definition) is 2. The molecule has 0 heterocycles. The van der Waals surface area contributed by atoms with Crippen LogP contribution < -0.4 is 10.1 Å². The fourth-order valence-electron chi connectivity index (χ4n) is 1.75. The van der Waals surface area contributed by atoms with Crippen molar-refractivity contribution in [2.75, 3.05) is 5.32 Å². The summed E-state index contributed by atoms with van der Waals surface area (Å²) in [6, 6.07) is 12.4. The molecule has 2 aromatic rings. The van der Waals surface area contributed by atoms with E-state index in [4.69, 9.17) is 27.9 Å². The van der Waals surface area contributed by atoms with Crippen LogP contribution in [0.5, 0.6) is 5.75 Å². The Bertz CT molecular complexity index is 658. The minimum atomic E-state index is -0.678. The Morgan fingerprint density at radius 3 is 2.62 bits per heavy atom. The van der Waals surface area contributed by atoms with Gasteiger partial charge >= 0.3 is 0 Å². The highest BCUT2D eigenvalue weighted by molar-refractivity contribution is 6.32. The Balaban J connectivity index is 2.06. The van der Waals surface area contributed by atoms with E-state index in [-0.39, 0.29) is 5.91 Å². The molecule has 2 rings (SSSR count). The Labute approximate surface area is 133 Å². The second-order valence-corrected chi connectivity index (χ2v) is 5.48. The largest absolute Gasteiger partial charge is 0.479 e. The number of rotatable bonds is 4. The van der Waals surface area contributed by atoms with E-state index >= 15 is 0 Å². The zero-order chi connectivity index (χ0) is 15.4. The van der Waals surface area contributed by atoms with Gasteiger partial charge in [-0.3, -0.25) is 4.79 Å². The van der Waals surface area contributed by atoms with Gasteiger partial charge in [-0.1, -0.05) is 41.4 Å². The van der Waals surface area contributed by atoms with Crippen LogP contribution in [0.25, 0.3) is 0 Å². The van der Waals surface area contributed by atoms with Gasteiger partial charge in [0.05, 0.1) is 5.02 Å². The molecule has 2 aromatic carbocycles. The molecule has 0 aliphatic heterocycles. The summed E-state index contributed by atoms with van der Waals surface area (Å²) in [6.07, 6.45) is -0.678. The molecule has 0 spiro atoms. The van der Waals surface area contributed by atoms with E-state index in [1.54, 1.807) is 43.3 Å². The van der Waals surface area contributed by atoms with Crippen LogP contribution in [0.2, 0.25) is 10.0 Å². The number of nitrogens with one attached hydrogen (secondary N) is 1. The quantitative estimate of drug-likeness (QED) is 0.885. The van der Waals surface area contributed by atoms with E-state index in [0.717, 1.165) is 5.56 Å². The van der Waals surface area contributed by atoms with Gasteiger partial charge in [-0.15, -0.1) is 0 Å². The predicted molar refractivity (Wildman–Crippen MR) is 86.4 cm³/mol. The molecule has 3 nitrogen and oxygen atoms in total. The van der Waals surface area contributed by atoms with Crippen molar-refractivity contribution in [2.45, 2.75) is 20.0 Å². The molecule has 0 aromatic heterocycles. The highest BCUT2D eigenvalue weighted by Crippen LogP contribution is 2.25. The zero-order valence-corrected chi connectivity index (χ0v) is 13.2. The van der Waals surface area contributed by atoms with Crippen LogP contribution in [0.4, 0.5) is 5.69 Å². The van der Waals surface area contributed by atoms with Gasteiger partial charge in [0.25, 0.3) is 5.91 Å². The Hall–Kier alpha value is -1.71. The van der Waals surface area contributed by atoms with Gasteiger partial charge in [0.2, 0.25) is 0 Å². The summed E-state index contributed by atoms with van der Waals surface area (Å²) in [7, 11) is 0. The van der Waals surface area contributed by atoms with Gasteiger partial charge in [0.15, 0.2) is 6.10 Å². The summed E-state index contributed by atoms with van der Waals surface area (Å²) >= 11 is 11.9. The van der Waals surface area contributed by atoms with E-state index in [9.17, 15) is 4.79 Å². The molecule has 0 aliphatic rings. The van der Waals surface area contributed by atoms with Gasteiger partial charge in [-0.05, 0) is 43.7 Å². The molecule has 0 saturated carbocycles. The molecule has 0 radical (unpaired) electrons. The number of hydrogen-bond donors (Lipinski definition) is 1. The number of aryl methyl sites for hydroxylation is 1. The zero-order valence-electron chi connectivity index (χ0n) is 11.7. The SMILES string of the molecule is Cc1ccc(Cl)cc1NC(=O)C(C)Oc1ccccc1Cl. The highest BCUT2D eigenvalue weighted by atomic mass is 35.5. The van der Waals surface area contributed by atoms with Crippen LogP contribution in [0.1, 0.15) is 12.5 Å². The monoisotopic (exact) mass is 323 g/mol. The molecule has 0 aliphatic carbocycles. The molecule has 21 heavy (non-hydrogen) atoms. The number of carbonyl (C=O) groups excluding carboxylic acids is 1. The molecule has 0 saturated heterocycles. The van der Waals surface area contributed by atoms with Crippen molar-refractivity contribution in [1.82, 2.24) is 0 Å². The van der Waals surface area contributed by atoms with E-state index in [1.807, 2.05) is 13.0 Å². The highest BCUT2D eigenvalue weighted by Gasteiger charge is 2.17. The van der Waals surface area contributed by atoms with E-state index < -0.39 is 6.10 Å². The lowest BCUT2D eigenvalue weighted by Gasteiger charge is -2.16. The molecule has 1 N–H and O–H groups in total. The normalized spacial score (nSPS) is 11.8. The van der Waals surface area contributed by atoms with Gasteiger partial charge in [0, 0.05) is 10.7 Å². The third kappa shape index (κ3) is 4.13. The lowest BCUT2D eigenvalue weighted by atomic mass is 10.2. The molecular weight excluding hydrogens is 309 g/mol. The van der Waals surface area contributed by atoms with E-state index in [2.05, 4.69) is 5.32 Å². The second-order valence-electron chi connectivity index (χ2n) is 4.64. The maximum absolute atomic E-state index is 12.2. The number of anilines is 1. The lowest BCUT2D eigenvalue weighted by Crippen LogP contribution is -2.30. The lowest BCUT2D eigenvalue weighted by molar-refractivity contribution is -0.122. The average molecular weight is 324 g/mol. The van der Waals surface area contributed by atoms with Crippen LogP contribution in [0, 0.1) is 6.92 Å². The molecule has 5 heteroatoms. The van der Waals surface area contributed by atoms with Crippen LogP contribution in [-0.4, -0.2) is 12.0 Å². The molecule has 1 atom stereocenters. The molecule has 1 unspecified atom stereocenters.